The molecule has 1 aliphatic heterocycles. The molecule has 0 saturated heterocycles. The Morgan fingerprint density at radius 1 is 1.41 bits per heavy atom. The molecule has 1 heterocycles. The summed E-state index contributed by atoms with van der Waals surface area (Å²) in [5.74, 6) is 0.174. The quantitative estimate of drug-likeness (QED) is 0.798. The fraction of sp³-hybridized carbons (Fsp3) is 0.500. The van der Waals surface area contributed by atoms with Gasteiger partial charge in [0.1, 0.15) is 0 Å². The van der Waals surface area contributed by atoms with Crippen LogP contribution in [0.3, 0.4) is 0 Å². The number of fused-ring (bicyclic) bond motifs is 1. The molecular formula is C14H20N2O. The molecule has 1 N–H and O–H groups in total. The minimum Gasteiger partial charge on any atom is -0.313 e. The summed E-state index contributed by atoms with van der Waals surface area (Å²) in [6.45, 7) is 5.83. The zero-order chi connectivity index (χ0) is 12.3. The predicted molar refractivity (Wildman–Crippen MR) is 69.4 cm³/mol. The van der Waals surface area contributed by atoms with Crippen LogP contribution in [0, 0.1) is 0 Å². The molecule has 0 unspecified atom stereocenters. The Morgan fingerprint density at radius 2 is 2.24 bits per heavy atom. The van der Waals surface area contributed by atoms with Crippen LogP contribution in [0.4, 0.5) is 0 Å². The maximum absolute atomic E-state index is 11.8. The van der Waals surface area contributed by atoms with E-state index < -0.39 is 0 Å². The Bertz CT molecular complexity index is 415. The maximum atomic E-state index is 11.8. The minimum absolute atomic E-state index is 0.174. The summed E-state index contributed by atoms with van der Waals surface area (Å²) in [5, 5.41) is 2.90. The van der Waals surface area contributed by atoms with Gasteiger partial charge in [-0.05, 0) is 37.2 Å². The number of carbonyl (C=O) groups is 1. The van der Waals surface area contributed by atoms with Gasteiger partial charge in [-0.1, -0.05) is 19.1 Å². The second-order valence-corrected chi connectivity index (χ2v) is 4.56. The molecule has 0 saturated carbocycles. The third-order valence-corrected chi connectivity index (χ3v) is 3.40. The lowest BCUT2D eigenvalue weighted by Crippen LogP contribution is -2.30. The van der Waals surface area contributed by atoms with Crippen LogP contribution in [0.1, 0.15) is 28.4 Å². The van der Waals surface area contributed by atoms with Crippen molar-refractivity contribution in [1.29, 1.82) is 0 Å². The van der Waals surface area contributed by atoms with Gasteiger partial charge < -0.3 is 5.32 Å². The first-order chi connectivity index (χ1) is 8.24. The van der Waals surface area contributed by atoms with Crippen LogP contribution in [0.2, 0.25) is 0 Å². The minimum atomic E-state index is 0.174. The van der Waals surface area contributed by atoms with Crippen molar-refractivity contribution in [2.45, 2.75) is 19.9 Å². The summed E-state index contributed by atoms with van der Waals surface area (Å²) in [6.07, 6.45) is 1.06. The highest BCUT2D eigenvalue weighted by Gasteiger charge is 2.16. The summed E-state index contributed by atoms with van der Waals surface area (Å²) in [5.41, 5.74) is 3.55. The van der Waals surface area contributed by atoms with E-state index in [9.17, 15) is 4.79 Å². The van der Waals surface area contributed by atoms with Gasteiger partial charge in [-0.3, -0.25) is 9.69 Å². The molecule has 0 aromatic heterocycles. The Balaban J connectivity index is 2.18. The van der Waals surface area contributed by atoms with Gasteiger partial charge in [-0.2, -0.15) is 0 Å². The molecule has 2 rings (SSSR count). The summed E-state index contributed by atoms with van der Waals surface area (Å²) >= 11 is 0. The van der Waals surface area contributed by atoms with E-state index in [2.05, 4.69) is 29.3 Å². The average Bonchev–Trinajstić information content (AvgIpc) is 2.37. The van der Waals surface area contributed by atoms with E-state index >= 15 is 0 Å². The van der Waals surface area contributed by atoms with Crippen LogP contribution >= 0.6 is 0 Å². The van der Waals surface area contributed by atoms with Crippen LogP contribution < -0.4 is 5.32 Å². The van der Waals surface area contributed by atoms with Gasteiger partial charge >= 0.3 is 0 Å². The van der Waals surface area contributed by atoms with Gasteiger partial charge in [-0.15, -0.1) is 0 Å². The summed E-state index contributed by atoms with van der Waals surface area (Å²) in [4.78, 5) is 14.2. The topological polar surface area (TPSA) is 32.3 Å². The van der Waals surface area contributed by atoms with Crippen molar-refractivity contribution in [1.82, 2.24) is 10.2 Å². The fourth-order valence-corrected chi connectivity index (χ4v) is 2.32. The van der Waals surface area contributed by atoms with E-state index in [-0.39, 0.29) is 5.78 Å². The number of rotatable bonds is 4. The summed E-state index contributed by atoms with van der Waals surface area (Å²) in [6, 6.07) is 6.14. The van der Waals surface area contributed by atoms with Crippen molar-refractivity contribution in [3.8, 4) is 0 Å². The SMILES string of the molecule is CCN1CCc2cc(C(=O)CNC)ccc2C1. The third-order valence-electron chi connectivity index (χ3n) is 3.40. The van der Waals surface area contributed by atoms with Crippen molar-refractivity contribution >= 4 is 5.78 Å². The zero-order valence-electron chi connectivity index (χ0n) is 10.6. The molecule has 0 aliphatic carbocycles. The van der Waals surface area contributed by atoms with E-state index in [0.29, 0.717) is 6.54 Å². The van der Waals surface area contributed by atoms with Crippen molar-refractivity contribution in [3.05, 3.63) is 34.9 Å². The first-order valence-electron chi connectivity index (χ1n) is 6.26. The first-order valence-corrected chi connectivity index (χ1v) is 6.26. The van der Waals surface area contributed by atoms with Gasteiger partial charge in [0.05, 0.1) is 6.54 Å². The molecule has 3 heteroatoms. The zero-order valence-corrected chi connectivity index (χ0v) is 10.6. The highest BCUT2D eigenvalue weighted by molar-refractivity contribution is 5.97. The van der Waals surface area contributed by atoms with Crippen molar-refractivity contribution in [2.75, 3.05) is 26.7 Å². The van der Waals surface area contributed by atoms with E-state index in [1.165, 1.54) is 11.1 Å². The molecule has 0 bridgehead atoms. The Labute approximate surface area is 103 Å². The lowest BCUT2D eigenvalue weighted by atomic mass is 9.96. The highest BCUT2D eigenvalue weighted by Crippen LogP contribution is 2.20. The standard InChI is InChI=1S/C14H20N2O/c1-3-16-7-6-11-8-12(14(17)9-15-2)4-5-13(11)10-16/h4-5,8,15H,3,6-7,9-10H2,1-2H3. The molecule has 0 spiro atoms. The Hall–Kier alpha value is -1.19. The number of likely N-dealkylation sites (N-methyl/N-ethyl adjacent to an activating group) is 2. The molecule has 0 amide bonds. The van der Waals surface area contributed by atoms with Crippen molar-refractivity contribution in [2.24, 2.45) is 0 Å². The molecule has 92 valence electrons. The van der Waals surface area contributed by atoms with E-state index in [1.807, 2.05) is 6.07 Å². The second kappa shape index (κ2) is 5.43. The van der Waals surface area contributed by atoms with Crippen molar-refractivity contribution in [3.63, 3.8) is 0 Å². The summed E-state index contributed by atoms with van der Waals surface area (Å²) < 4.78 is 0. The lowest BCUT2D eigenvalue weighted by molar-refractivity contribution is 0.0993. The average molecular weight is 232 g/mol. The van der Waals surface area contributed by atoms with Gasteiger partial charge in [0.2, 0.25) is 0 Å². The third kappa shape index (κ3) is 2.73. The Morgan fingerprint density at radius 3 is 2.94 bits per heavy atom. The number of ketones is 1. The predicted octanol–water partition coefficient (Wildman–Crippen LogP) is 1.47. The molecule has 0 radical (unpaired) electrons. The normalized spacial score (nSPS) is 15.6. The van der Waals surface area contributed by atoms with Gasteiger partial charge in [0.25, 0.3) is 0 Å². The van der Waals surface area contributed by atoms with E-state index in [4.69, 9.17) is 0 Å². The molecular weight excluding hydrogens is 212 g/mol. The van der Waals surface area contributed by atoms with Crippen LogP contribution in [0.25, 0.3) is 0 Å². The molecule has 1 aliphatic rings. The molecule has 0 fully saturated rings. The molecule has 17 heavy (non-hydrogen) atoms. The largest absolute Gasteiger partial charge is 0.313 e. The van der Waals surface area contributed by atoms with Crippen LogP contribution in [0.5, 0.6) is 0 Å². The number of carbonyl (C=O) groups excluding carboxylic acids is 1. The van der Waals surface area contributed by atoms with Crippen LogP contribution in [-0.2, 0) is 13.0 Å². The maximum Gasteiger partial charge on any atom is 0.176 e. The number of nitrogens with one attached hydrogen (secondary N) is 1. The van der Waals surface area contributed by atoms with E-state index in [0.717, 1.165) is 31.6 Å². The number of hydrogen-bond acceptors (Lipinski definition) is 3. The highest BCUT2D eigenvalue weighted by atomic mass is 16.1. The van der Waals surface area contributed by atoms with Crippen molar-refractivity contribution < 1.29 is 4.79 Å². The summed E-state index contributed by atoms with van der Waals surface area (Å²) in [7, 11) is 1.80. The van der Waals surface area contributed by atoms with Gasteiger partial charge in [0.15, 0.2) is 5.78 Å². The second-order valence-electron chi connectivity index (χ2n) is 4.56. The Kier molecular flexibility index (Phi) is 3.92. The molecule has 3 nitrogen and oxygen atoms in total. The molecule has 1 aromatic rings. The van der Waals surface area contributed by atoms with Gasteiger partial charge in [0, 0.05) is 18.7 Å². The van der Waals surface area contributed by atoms with Gasteiger partial charge in [-0.25, -0.2) is 0 Å². The number of Topliss-reactive ketones (excluding diaryl/α,β-unsaturated/α-hetero) is 1. The number of benzene rings is 1. The number of nitrogens with zero attached hydrogens (tertiary/aromatic N) is 1. The first kappa shape index (κ1) is 12.3. The number of hydrogen-bond donors (Lipinski definition) is 1. The smallest absolute Gasteiger partial charge is 0.176 e. The lowest BCUT2D eigenvalue weighted by Gasteiger charge is -2.27. The van der Waals surface area contributed by atoms with Crippen LogP contribution in [-0.4, -0.2) is 37.4 Å². The van der Waals surface area contributed by atoms with E-state index in [1.54, 1.807) is 7.05 Å². The van der Waals surface area contributed by atoms with Crippen LogP contribution in [0.15, 0.2) is 18.2 Å². The monoisotopic (exact) mass is 232 g/mol. The fourth-order valence-electron chi connectivity index (χ4n) is 2.32. The molecule has 1 aromatic carbocycles. The molecule has 0 atom stereocenters.